The smallest absolute Gasteiger partial charge is 0.229 e. The number of fused-ring (bicyclic) bond motifs is 1. The van der Waals surface area contributed by atoms with Crippen LogP contribution in [0.25, 0.3) is 39.5 Å². The molecule has 0 amide bonds. The molecule has 1 N–H and O–H groups in total. The lowest BCUT2D eigenvalue weighted by molar-refractivity contribution is 0.571. The fraction of sp³-hybridized carbons (Fsp3) is 0. The van der Waals surface area contributed by atoms with Crippen LogP contribution in [0.1, 0.15) is 0 Å². The Morgan fingerprint density at radius 2 is 1.56 bits per heavy atom. The van der Waals surface area contributed by atoms with Crippen molar-refractivity contribution in [1.29, 1.82) is 0 Å². The predicted octanol–water partition coefficient (Wildman–Crippen LogP) is 4.26. The molecule has 10 nitrogen and oxygen atoms in total. The molecule has 0 aliphatic rings. The summed E-state index contributed by atoms with van der Waals surface area (Å²) in [4.78, 5) is 16.9. The van der Waals surface area contributed by atoms with Gasteiger partial charge >= 0.3 is 0 Å². The normalized spacial score (nSPS) is 11.1. The van der Waals surface area contributed by atoms with Gasteiger partial charge in [0.25, 0.3) is 0 Å². The van der Waals surface area contributed by atoms with Crippen LogP contribution in [-0.2, 0) is 0 Å². The maximum atomic E-state index is 5.40. The van der Waals surface area contributed by atoms with Crippen molar-refractivity contribution in [3.8, 4) is 28.3 Å². The Bertz CT molecular complexity index is 1510. The molecular formula is C22H14N8O2. The largest absolute Gasteiger partial charge is 0.444 e. The van der Waals surface area contributed by atoms with Crippen LogP contribution in [0, 0.1) is 0 Å². The molecule has 32 heavy (non-hydrogen) atoms. The SMILES string of the molecule is c1cc(Nc2ncc3nnn(-c4cccc(-c5cnco5)c4)c3n2)cc(-c2cnco2)c1. The first kappa shape index (κ1) is 18.0. The molecule has 0 bridgehead atoms. The molecule has 0 atom stereocenters. The molecule has 154 valence electrons. The van der Waals surface area contributed by atoms with Crippen molar-refractivity contribution < 1.29 is 8.83 Å². The van der Waals surface area contributed by atoms with Crippen molar-refractivity contribution in [2.75, 3.05) is 5.32 Å². The molecule has 6 rings (SSSR count). The topological polar surface area (TPSA) is 121 Å². The van der Waals surface area contributed by atoms with E-state index in [-0.39, 0.29) is 0 Å². The van der Waals surface area contributed by atoms with Crippen LogP contribution >= 0.6 is 0 Å². The van der Waals surface area contributed by atoms with Gasteiger partial charge in [0, 0.05) is 16.8 Å². The maximum absolute atomic E-state index is 5.40. The third-order valence-corrected chi connectivity index (χ3v) is 4.84. The van der Waals surface area contributed by atoms with E-state index in [1.807, 2.05) is 48.5 Å². The third kappa shape index (κ3) is 3.25. The van der Waals surface area contributed by atoms with E-state index in [0.717, 1.165) is 22.5 Å². The Morgan fingerprint density at radius 3 is 2.31 bits per heavy atom. The number of nitrogens with one attached hydrogen (secondary N) is 1. The van der Waals surface area contributed by atoms with E-state index < -0.39 is 0 Å². The number of aromatic nitrogens is 7. The van der Waals surface area contributed by atoms with E-state index in [1.54, 1.807) is 23.3 Å². The second kappa shape index (κ2) is 7.43. The molecule has 0 radical (unpaired) electrons. The summed E-state index contributed by atoms with van der Waals surface area (Å²) in [6, 6.07) is 15.4. The van der Waals surface area contributed by atoms with Gasteiger partial charge in [-0.05, 0) is 24.3 Å². The Labute approximate surface area is 180 Å². The molecule has 2 aromatic carbocycles. The summed E-state index contributed by atoms with van der Waals surface area (Å²) in [6.45, 7) is 0. The summed E-state index contributed by atoms with van der Waals surface area (Å²) in [6.07, 6.45) is 7.76. The zero-order valence-electron chi connectivity index (χ0n) is 16.5. The molecule has 0 saturated carbocycles. The summed E-state index contributed by atoms with van der Waals surface area (Å²) in [5, 5.41) is 11.7. The second-order valence-electron chi connectivity index (χ2n) is 6.89. The van der Waals surface area contributed by atoms with Crippen LogP contribution in [0.3, 0.4) is 0 Å². The quantitative estimate of drug-likeness (QED) is 0.434. The van der Waals surface area contributed by atoms with Gasteiger partial charge in [-0.1, -0.05) is 29.5 Å². The number of benzene rings is 2. The summed E-state index contributed by atoms with van der Waals surface area (Å²) in [5.41, 5.74) is 4.52. The molecule has 0 saturated heterocycles. The number of anilines is 2. The highest BCUT2D eigenvalue weighted by Gasteiger charge is 2.12. The standard InChI is InChI=1S/C22H14N8O2/c1-3-14(19-10-23-12-31-19)7-16(5-1)26-22-25-9-18-21(27-22)30(29-28-18)17-6-2-4-15(8-17)20-11-24-13-32-20/h1-13H,(H,25,26,27). The zero-order chi connectivity index (χ0) is 21.3. The van der Waals surface area contributed by atoms with Gasteiger partial charge in [-0.15, -0.1) is 5.10 Å². The van der Waals surface area contributed by atoms with Crippen LogP contribution in [0.2, 0.25) is 0 Å². The van der Waals surface area contributed by atoms with Crippen molar-refractivity contribution >= 4 is 22.8 Å². The first-order valence-corrected chi connectivity index (χ1v) is 9.67. The van der Waals surface area contributed by atoms with E-state index in [0.29, 0.717) is 28.6 Å². The van der Waals surface area contributed by atoms with Crippen LogP contribution in [0.4, 0.5) is 11.6 Å². The highest BCUT2D eigenvalue weighted by molar-refractivity contribution is 5.74. The van der Waals surface area contributed by atoms with E-state index >= 15 is 0 Å². The molecule has 0 aliphatic heterocycles. The molecule has 10 heteroatoms. The zero-order valence-corrected chi connectivity index (χ0v) is 16.5. The molecule has 6 aromatic rings. The van der Waals surface area contributed by atoms with E-state index in [2.05, 4.69) is 35.6 Å². The first-order chi connectivity index (χ1) is 15.8. The van der Waals surface area contributed by atoms with Crippen LogP contribution in [0.5, 0.6) is 0 Å². The van der Waals surface area contributed by atoms with Gasteiger partial charge < -0.3 is 14.2 Å². The lowest BCUT2D eigenvalue weighted by atomic mass is 10.1. The molecule has 0 spiro atoms. The minimum Gasteiger partial charge on any atom is -0.444 e. The fourth-order valence-corrected chi connectivity index (χ4v) is 3.35. The average Bonchev–Trinajstić information content (AvgIpc) is 3.61. The summed E-state index contributed by atoms with van der Waals surface area (Å²) in [7, 11) is 0. The van der Waals surface area contributed by atoms with Crippen molar-refractivity contribution in [3.63, 3.8) is 0 Å². The lowest BCUT2D eigenvalue weighted by Crippen LogP contribution is -2.01. The number of nitrogens with zero attached hydrogens (tertiary/aromatic N) is 7. The van der Waals surface area contributed by atoms with Crippen molar-refractivity contribution in [2.24, 2.45) is 0 Å². The summed E-state index contributed by atoms with van der Waals surface area (Å²) in [5.74, 6) is 1.76. The maximum Gasteiger partial charge on any atom is 0.229 e. The van der Waals surface area contributed by atoms with Crippen molar-refractivity contribution in [1.82, 2.24) is 34.9 Å². The molecule has 0 unspecified atom stereocenters. The van der Waals surface area contributed by atoms with Crippen LogP contribution < -0.4 is 5.32 Å². The Morgan fingerprint density at radius 1 is 0.812 bits per heavy atom. The Hall–Kier alpha value is -4.86. The Kier molecular flexibility index (Phi) is 4.17. The second-order valence-corrected chi connectivity index (χ2v) is 6.89. The van der Waals surface area contributed by atoms with Gasteiger partial charge in [-0.2, -0.15) is 9.67 Å². The van der Waals surface area contributed by atoms with E-state index in [9.17, 15) is 0 Å². The Balaban J connectivity index is 1.35. The van der Waals surface area contributed by atoms with E-state index in [1.165, 1.54) is 12.8 Å². The van der Waals surface area contributed by atoms with Gasteiger partial charge in [0.15, 0.2) is 35.5 Å². The van der Waals surface area contributed by atoms with Gasteiger partial charge in [0.2, 0.25) is 5.95 Å². The summed E-state index contributed by atoms with van der Waals surface area (Å²) < 4.78 is 12.4. The molecule has 4 aromatic heterocycles. The third-order valence-electron chi connectivity index (χ3n) is 4.84. The average molecular weight is 422 g/mol. The molecule has 0 aliphatic carbocycles. The summed E-state index contributed by atoms with van der Waals surface area (Å²) >= 11 is 0. The van der Waals surface area contributed by atoms with Crippen LogP contribution in [-0.4, -0.2) is 34.9 Å². The predicted molar refractivity (Wildman–Crippen MR) is 115 cm³/mol. The number of oxazole rings is 2. The number of rotatable bonds is 5. The van der Waals surface area contributed by atoms with Gasteiger partial charge in [0.05, 0.1) is 24.3 Å². The molecule has 4 heterocycles. The highest BCUT2D eigenvalue weighted by Crippen LogP contribution is 2.25. The first-order valence-electron chi connectivity index (χ1n) is 9.67. The van der Waals surface area contributed by atoms with Crippen molar-refractivity contribution in [3.05, 3.63) is 79.9 Å². The number of hydrogen-bond donors (Lipinski definition) is 1. The van der Waals surface area contributed by atoms with Crippen molar-refractivity contribution in [2.45, 2.75) is 0 Å². The fourth-order valence-electron chi connectivity index (χ4n) is 3.35. The lowest BCUT2D eigenvalue weighted by Gasteiger charge is -2.07. The highest BCUT2D eigenvalue weighted by atomic mass is 16.3. The van der Waals surface area contributed by atoms with Gasteiger partial charge in [0.1, 0.15) is 0 Å². The monoisotopic (exact) mass is 422 g/mol. The molecular weight excluding hydrogens is 408 g/mol. The van der Waals surface area contributed by atoms with E-state index in [4.69, 9.17) is 8.83 Å². The van der Waals surface area contributed by atoms with Gasteiger partial charge in [-0.25, -0.2) is 15.0 Å². The van der Waals surface area contributed by atoms with Crippen LogP contribution in [0.15, 0.2) is 88.7 Å². The minimum absolute atomic E-state index is 0.419. The minimum atomic E-state index is 0.419. The molecule has 0 fully saturated rings. The van der Waals surface area contributed by atoms with Gasteiger partial charge in [-0.3, -0.25) is 0 Å². The number of hydrogen-bond acceptors (Lipinski definition) is 9.